The van der Waals surface area contributed by atoms with Gasteiger partial charge >= 0.3 is 0 Å². The van der Waals surface area contributed by atoms with Crippen molar-refractivity contribution in [2.24, 2.45) is 4.99 Å². The zero-order valence-corrected chi connectivity index (χ0v) is 20.5. The number of hydrogen-bond acceptors (Lipinski definition) is 4. The third-order valence-corrected chi connectivity index (χ3v) is 4.45. The van der Waals surface area contributed by atoms with E-state index in [-0.39, 0.29) is 29.9 Å². The van der Waals surface area contributed by atoms with Gasteiger partial charge in [0.25, 0.3) is 5.91 Å². The molecule has 0 unspecified atom stereocenters. The molecule has 1 aromatic rings. The van der Waals surface area contributed by atoms with Gasteiger partial charge in [0.2, 0.25) is 10.0 Å². The van der Waals surface area contributed by atoms with Gasteiger partial charge in [-0.2, -0.15) is 0 Å². The maximum atomic E-state index is 11.9. The third kappa shape index (κ3) is 10.2. The van der Waals surface area contributed by atoms with E-state index in [4.69, 9.17) is 0 Å². The van der Waals surface area contributed by atoms with E-state index in [1.165, 1.54) is 4.90 Å². The first-order valence-electron chi connectivity index (χ1n) is 8.75. The van der Waals surface area contributed by atoms with Crippen LogP contribution in [0.3, 0.4) is 0 Å². The predicted molar refractivity (Wildman–Crippen MR) is 125 cm³/mol. The highest BCUT2D eigenvalue weighted by atomic mass is 127. The highest BCUT2D eigenvalue weighted by Gasteiger charge is 2.22. The van der Waals surface area contributed by atoms with Gasteiger partial charge in [0.15, 0.2) is 5.96 Å². The lowest BCUT2D eigenvalue weighted by molar-refractivity contribution is 0.0827. The summed E-state index contributed by atoms with van der Waals surface area (Å²) >= 11 is 0. The van der Waals surface area contributed by atoms with Crippen LogP contribution in [0.25, 0.3) is 0 Å². The quantitative estimate of drug-likeness (QED) is 0.271. The van der Waals surface area contributed by atoms with E-state index in [2.05, 4.69) is 20.3 Å². The number of sulfonamides is 1. The lowest BCUT2D eigenvalue weighted by Crippen LogP contribution is -2.53. The number of nitrogens with zero attached hydrogens (tertiary/aromatic N) is 2. The second kappa shape index (κ2) is 11.6. The van der Waals surface area contributed by atoms with Gasteiger partial charge in [-0.25, -0.2) is 18.1 Å². The Morgan fingerprint density at radius 1 is 1.14 bits per heavy atom. The Morgan fingerprint density at radius 2 is 1.71 bits per heavy atom. The zero-order valence-electron chi connectivity index (χ0n) is 17.4. The van der Waals surface area contributed by atoms with Gasteiger partial charge in [0.05, 0.1) is 12.8 Å². The van der Waals surface area contributed by atoms with Crippen molar-refractivity contribution in [3.63, 3.8) is 0 Å². The molecule has 0 bridgehead atoms. The maximum absolute atomic E-state index is 11.9. The molecule has 160 valence electrons. The number of nitrogens with one attached hydrogen (secondary N) is 3. The minimum Gasteiger partial charge on any atom is -0.357 e. The summed E-state index contributed by atoms with van der Waals surface area (Å²) in [6, 6.07) is 7.32. The molecule has 10 heteroatoms. The minimum atomic E-state index is -3.30. The maximum Gasteiger partial charge on any atom is 0.253 e. The number of carbonyl (C=O) groups is 1. The van der Waals surface area contributed by atoms with E-state index in [1.54, 1.807) is 40.1 Å². The van der Waals surface area contributed by atoms with Crippen LogP contribution >= 0.6 is 24.0 Å². The van der Waals surface area contributed by atoms with Crippen molar-refractivity contribution >= 4 is 45.9 Å². The molecule has 0 atom stereocenters. The van der Waals surface area contributed by atoms with Crippen molar-refractivity contribution in [2.75, 3.05) is 33.4 Å². The van der Waals surface area contributed by atoms with Crippen LogP contribution in [0.1, 0.15) is 36.7 Å². The molecule has 0 heterocycles. The van der Waals surface area contributed by atoms with E-state index < -0.39 is 15.6 Å². The number of halogens is 1. The lowest BCUT2D eigenvalue weighted by Gasteiger charge is -2.26. The summed E-state index contributed by atoms with van der Waals surface area (Å²) in [7, 11) is 0.139. The number of amides is 1. The van der Waals surface area contributed by atoms with Crippen molar-refractivity contribution in [1.29, 1.82) is 0 Å². The van der Waals surface area contributed by atoms with Crippen LogP contribution in [0.15, 0.2) is 29.3 Å². The first-order chi connectivity index (χ1) is 12.4. The second-order valence-corrected chi connectivity index (χ2v) is 8.95. The Bertz CT molecular complexity index is 762. The van der Waals surface area contributed by atoms with E-state index in [0.29, 0.717) is 31.2 Å². The Kier molecular flexibility index (Phi) is 11.0. The van der Waals surface area contributed by atoms with Crippen molar-refractivity contribution < 1.29 is 13.2 Å². The monoisotopic (exact) mass is 525 g/mol. The van der Waals surface area contributed by atoms with E-state index in [0.717, 1.165) is 11.8 Å². The number of aliphatic imine (C=N–C) groups is 1. The summed E-state index contributed by atoms with van der Waals surface area (Å²) in [6.45, 7) is 7.05. The van der Waals surface area contributed by atoms with E-state index in [9.17, 15) is 13.2 Å². The van der Waals surface area contributed by atoms with Crippen molar-refractivity contribution in [1.82, 2.24) is 20.3 Å². The highest BCUT2D eigenvalue weighted by molar-refractivity contribution is 14.0. The molecule has 0 aliphatic heterocycles. The van der Waals surface area contributed by atoms with Crippen molar-refractivity contribution in [3.05, 3.63) is 35.4 Å². The van der Waals surface area contributed by atoms with Crippen LogP contribution in [-0.4, -0.2) is 64.2 Å². The molecule has 0 aromatic heterocycles. The Morgan fingerprint density at radius 3 is 2.18 bits per heavy atom. The molecule has 0 fully saturated rings. The first-order valence-corrected chi connectivity index (χ1v) is 10.6. The molecule has 1 rings (SSSR count). The largest absolute Gasteiger partial charge is 0.357 e. The molecule has 1 amide bonds. The van der Waals surface area contributed by atoms with Crippen LogP contribution in [0.4, 0.5) is 0 Å². The predicted octanol–water partition coefficient (Wildman–Crippen LogP) is 1.39. The molecule has 1 aromatic carbocycles. The normalized spacial score (nSPS) is 12.1. The van der Waals surface area contributed by atoms with Crippen molar-refractivity contribution in [2.45, 2.75) is 32.9 Å². The zero-order chi connectivity index (χ0) is 20.7. The summed E-state index contributed by atoms with van der Waals surface area (Å²) < 4.78 is 25.5. The molecule has 0 radical (unpaired) electrons. The van der Waals surface area contributed by atoms with Gasteiger partial charge < -0.3 is 15.5 Å². The SMILES string of the molecule is CCNC(=NCc1ccc(C(=O)N(C)C)cc1)NCC(C)(C)NS(C)(=O)=O.I. The third-order valence-electron chi connectivity index (χ3n) is 3.53. The summed E-state index contributed by atoms with van der Waals surface area (Å²) in [4.78, 5) is 18.0. The molecule has 0 aliphatic rings. The molecule has 28 heavy (non-hydrogen) atoms. The van der Waals surface area contributed by atoms with Crippen LogP contribution in [0.5, 0.6) is 0 Å². The first kappa shape index (κ1) is 26.6. The minimum absolute atomic E-state index is 0. The highest BCUT2D eigenvalue weighted by Crippen LogP contribution is 2.08. The Labute approximate surface area is 185 Å². The van der Waals surface area contributed by atoms with Crippen LogP contribution in [-0.2, 0) is 16.6 Å². The van der Waals surface area contributed by atoms with E-state index >= 15 is 0 Å². The molecule has 0 saturated heterocycles. The Balaban J connectivity index is 0.00000729. The number of rotatable bonds is 8. The van der Waals surface area contributed by atoms with Gasteiger partial charge in [-0.1, -0.05) is 12.1 Å². The number of guanidine groups is 1. The van der Waals surface area contributed by atoms with Gasteiger partial charge in [-0.15, -0.1) is 24.0 Å². The van der Waals surface area contributed by atoms with E-state index in [1.807, 2.05) is 19.1 Å². The standard InChI is InChI=1S/C18H31N5O3S.HI/c1-7-19-17(21-13-18(2,3)22-27(6,25)26)20-12-14-8-10-15(11-9-14)16(24)23(4)5;/h8-11,22H,7,12-13H2,1-6H3,(H2,19,20,21);1H. The summed E-state index contributed by atoms with van der Waals surface area (Å²) in [5, 5.41) is 6.28. The van der Waals surface area contributed by atoms with Gasteiger partial charge in [-0.3, -0.25) is 4.79 Å². The smallest absolute Gasteiger partial charge is 0.253 e. The van der Waals surface area contributed by atoms with Crippen molar-refractivity contribution in [3.8, 4) is 0 Å². The molecule has 8 nitrogen and oxygen atoms in total. The molecular weight excluding hydrogens is 493 g/mol. The topological polar surface area (TPSA) is 103 Å². The number of carbonyl (C=O) groups excluding carboxylic acids is 1. The molecule has 0 saturated carbocycles. The Hall–Kier alpha value is -1.40. The molecule has 0 spiro atoms. The average Bonchev–Trinajstić information content (AvgIpc) is 2.55. The van der Waals surface area contributed by atoms with Gasteiger partial charge in [-0.05, 0) is 38.5 Å². The summed E-state index contributed by atoms with van der Waals surface area (Å²) in [5.74, 6) is 0.551. The summed E-state index contributed by atoms with van der Waals surface area (Å²) in [6.07, 6.45) is 1.14. The average molecular weight is 525 g/mol. The fraction of sp³-hybridized carbons (Fsp3) is 0.556. The van der Waals surface area contributed by atoms with Crippen LogP contribution in [0.2, 0.25) is 0 Å². The van der Waals surface area contributed by atoms with Gasteiger partial charge in [0.1, 0.15) is 0 Å². The molecule has 3 N–H and O–H groups in total. The van der Waals surface area contributed by atoms with Crippen LogP contribution < -0.4 is 15.4 Å². The fourth-order valence-corrected chi connectivity index (χ4v) is 3.44. The fourth-order valence-electron chi connectivity index (χ4n) is 2.37. The molecule has 0 aliphatic carbocycles. The van der Waals surface area contributed by atoms with Crippen LogP contribution in [0, 0.1) is 0 Å². The van der Waals surface area contributed by atoms with Gasteiger partial charge in [0, 0.05) is 38.3 Å². The summed E-state index contributed by atoms with van der Waals surface area (Å²) in [5.41, 5.74) is 0.945. The number of benzene rings is 1. The number of hydrogen-bond donors (Lipinski definition) is 3. The molecular formula is C18H32IN5O3S. The lowest BCUT2D eigenvalue weighted by atomic mass is 10.1. The second-order valence-electron chi connectivity index (χ2n) is 7.20.